The van der Waals surface area contributed by atoms with Crippen molar-refractivity contribution in [3.63, 3.8) is 0 Å². The zero-order valence-electron chi connectivity index (χ0n) is 17.2. The van der Waals surface area contributed by atoms with E-state index in [4.69, 9.17) is 9.47 Å². The average Bonchev–Trinajstić information content (AvgIpc) is 2.96. The number of carboxylic acid groups (broad SMARTS) is 1. The van der Waals surface area contributed by atoms with Crippen LogP contribution in [0.15, 0.2) is 12.1 Å². The number of rotatable bonds is 3. The van der Waals surface area contributed by atoms with Gasteiger partial charge in [0.05, 0.1) is 0 Å². The molecule has 1 unspecified atom stereocenters. The van der Waals surface area contributed by atoms with E-state index in [-0.39, 0.29) is 28.8 Å². The number of fused-ring (bicyclic) bond motifs is 5. The minimum atomic E-state index is -1.08. The van der Waals surface area contributed by atoms with Crippen LogP contribution in [0.25, 0.3) is 0 Å². The maximum atomic E-state index is 11.8. The van der Waals surface area contributed by atoms with Crippen LogP contribution in [-0.4, -0.2) is 29.1 Å². The van der Waals surface area contributed by atoms with Gasteiger partial charge in [-0.1, -0.05) is 6.92 Å². The molecule has 1 N–H and O–H groups in total. The molecule has 1 aromatic rings. The van der Waals surface area contributed by atoms with Crippen molar-refractivity contribution >= 4 is 17.9 Å². The van der Waals surface area contributed by atoms with Crippen molar-refractivity contribution in [2.24, 2.45) is 17.3 Å². The summed E-state index contributed by atoms with van der Waals surface area (Å²) in [5.41, 5.74) is 2.23. The third-order valence-corrected chi connectivity index (χ3v) is 7.53. The number of carboxylic acids is 1. The highest BCUT2D eigenvalue weighted by Crippen LogP contribution is 2.61. The number of aryl methyl sites for hydroxylation is 1. The molecule has 0 amide bonds. The Morgan fingerprint density at radius 1 is 1.07 bits per heavy atom. The van der Waals surface area contributed by atoms with Crippen molar-refractivity contribution in [3.8, 4) is 5.75 Å². The number of carbonyl (C=O) groups excluding carboxylic acids is 2. The summed E-state index contributed by atoms with van der Waals surface area (Å²) in [6.45, 7) is 5.02. The molecule has 6 nitrogen and oxygen atoms in total. The zero-order valence-corrected chi connectivity index (χ0v) is 17.2. The Balaban J connectivity index is 1.67. The van der Waals surface area contributed by atoms with Crippen LogP contribution in [0.2, 0.25) is 0 Å². The van der Waals surface area contributed by atoms with Gasteiger partial charge in [-0.3, -0.25) is 9.59 Å². The lowest BCUT2D eigenvalue weighted by Crippen LogP contribution is -2.45. The molecule has 0 radical (unpaired) electrons. The molecular formula is C23H28O6. The molecule has 0 saturated heterocycles. The highest BCUT2D eigenvalue weighted by atomic mass is 16.5. The summed E-state index contributed by atoms with van der Waals surface area (Å²) in [6, 6.07) is 3.48. The summed E-state index contributed by atoms with van der Waals surface area (Å²) in [7, 11) is 0. The van der Waals surface area contributed by atoms with Gasteiger partial charge in [0, 0.05) is 19.3 Å². The first-order chi connectivity index (χ1) is 13.7. The maximum absolute atomic E-state index is 11.8. The van der Waals surface area contributed by atoms with Gasteiger partial charge in [-0.25, -0.2) is 4.79 Å². The normalized spacial score (nSPS) is 32.5. The number of hydrogen-bond donors (Lipinski definition) is 1. The van der Waals surface area contributed by atoms with E-state index in [1.165, 1.54) is 13.8 Å². The van der Waals surface area contributed by atoms with E-state index in [2.05, 4.69) is 6.92 Å². The molecule has 0 spiro atoms. The Labute approximate surface area is 170 Å². The first kappa shape index (κ1) is 19.9. The number of benzene rings is 1. The summed E-state index contributed by atoms with van der Waals surface area (Å²) in [5.74, 6) is -0.434. The standard InChI is InChI=1S/C23H28O6/c1-12(24)28-20-10-14-4-5-16-15(17(14)11-18(20)22(26)27)8-9-23(3)19(16)6-7-21(23)29-13(2)25/h10-11,15-16,19,21H,4-9H2,1-3H3,(H,26,27)/t15-,16+,19-,21?,23-/m0/s1. The van der Waals surface area contributed by atoms with Gasteiger partial charge in [-0.2, -0.15) is 0 Å². The molecule has 0 aromatic heterocycles. The first-order valence-electron chi connectivity index (χ1n) is 10.5. The summed E-state index contributed by atoms with van der Waals surface area (Å²) in [4.78, 5) is 34.7. The smallest absolute Gasteiger partial charge is 0.339 e. The van der Waals surface area contributed by atoms with Gasteiger partial charge >= 0.3 is 17.9 Å². The van der Waals surface area contributed by atoms with Crippen LogP contribution in [0.4, 0.5) is 0 Å². The van der Waals surface area contributed by atoms with Gasteiger partial charge in [0.15, 0.2) is 0 Å². The van der Waals surface area contributed by atoms with Crippen molar-refractivity contribution in [2.75, 3.05) is 0 Å². The molecule has 0 heterocycles. The van der Waals surface area contributed by atoms with Gasteiger partial charge in [0.1, 0.15) is 17.4 Å². The van der Waals surface area contributed by atoms with Crippen LogP contribution >= 0.6 is 0 Å². The van der Waals surface area contributed by atoms with Gasteiger partial charge in [-0.05, 0) is 79.5 Å². The molecule has 2 fully saturated rings. The lowest BCUT2D eigenvalue weighted by molar-refractivity contribution is -0.154. The summed E-state index contributed by atoms with van der Waals surface area (Å²) in [6.07, 6.45) is 5.71. The zero-order chi connectivity index (χ0) is 20.9. The topological polar surface area (TPSA) is 89.9 Å². The molecule has 3 aliphatic carbocycles. The molecule has 2 saturated carbocycles. The van der Waals surface area contributed by atoms with E-state index in [9.17, 15) is 19.5 Å². The fourth-order valence-electron chi connectivity index (χ4n) is 6.35. The van der Waals surface area contributed by atoms with Crippen LogP contribution in [-0.2, 0) is 20.7 Å². The molecule has 5 atom stereocenters. The van der Waals surface area contributed by atoms with Crippen molar-refractivity contribution in [3.05, 3.63) is 28.8 Å². The van der Waals surface area contributed by atoms with Crippen molar-refractivity contribution < 1.29 is 29.0 Å². The van der Waals surface area contributed by atoms with Gasteiger partial charge in [0.25, 0.3) is 0 Å². The lowest BCUT2D eigenvalue weighted by atomic mass is 9.55. The monoisotopic (exact) mass is 400 g/mol. The first-order valence-corrected chi connectivity index (χ1v) is 10.5. The van der Waals surface area contributed by atoms with E-state index in [0.29, 0.717) is 17.8 Å². The maximum Gasteiger partial charge on any atom is 0.339 e. The number of ether oxygens (including phenoxy) is 2. The minimum Gasteiger partial charge on any atom is -0.478 e. The van der Waals surface area contributed by atoms with E-state index < -0.39 is 11.9 Å². The fourth-order valence-corrected chi connectivity index (χ4v) is 6.35. The molecule has 4 rings (SSSR count). The van der Waals surface area contributed by atoms with E-state index in [1.807, 2.05) is 0 Å². The molecule has 3 aliphatic rings. The van der Waals surface area contributed by atoms with Crippen molar-refractivity contribution in [2.45, 2.75) is 71.3 Å². The van der Waals surface area contributed by atoms with E-state index >= 15 is 0 Å². The average molecular weight is 400 g/mol. The largest absolute Gasteiger partial charge is 0.478 e. The van der Waals surface area contributed by atoms with E-state index in [1.54, 1.807) is 12.1 Å². The molecule has 6 heteroatoms. The minimum absolute atomic E-state index is 0.00233. The number of hydrogen-bond acceptors (Lipinski definition) is 5. The van der Waals surface area contributed by atoms with Crippen LogP contribution in [0.5, 0.6) is 5.75 Å². The highest BCUT2D eigenvalue weighted by Gasteiger charge is 2.56. The fraction of sp³-hybridized carbons (Fsp3) is 0.609. The number of esters is 2. The highest BCUT2D eigenvalue weighted by molar-refractivity contribution is 5.92. The summed E-state index contributed by atoms with van der Waals surface area (Å²) >= 11 is 0. The van der Waals surface area contributed by atoms with Gasteiger partial charge < -0.3 is 14.6 Å². The molecule has 0 bridgehead atoms. The van der Waals surface area contributed by atoms with E-state index in [0.717, 1.165) is 49.7 Å². The predicted molar refractivity (Wildman–Crippen MR) is 105 cm³/mol. The molecule has 29 heavy (non-hydrogen) atoms. The Morgan fingerprint density at radius 3 is 2.48 bits per heavy atom. The SMILES string of the molecule is CC(=O)Oc1cc2c(cc1C(=O)O)[C@H]1CC[C@]3(C)C(OC(C)=O)CC[C@H]3[C@@H]1CC2. The van der Waals surface area contributed by atoms with Crippen LogP contribution in [0, 0.1) is 17.3 Å². The molecule has 1 aromatic carbocycles. The van der Waals surface area contributed by atoms with Gasteiger partial charge in [-0.15, -0.1) is 0 Å². The van der Waals surface area contributed by atoms with Crippen molar-refractivity contribution in [1.29, 1.82) is 0 Å². The molecule has 156 valence electrons. The van der Waals surface area contributed by atoms with Crippen LogP contribution < -0.4 is 4.74 Å². The second-order valence-electron chi connectivity index (χ2n) is 9.08. The van der Waals surface area contributed by atoms with Gasteiger partial charge in [0.2, 0.25) is 0 Å². The summed E-state index contributed by atoms with van der Waals surface area (Å²) in [5, 5.41) is 9.65. The third-order valence-electron chi connectivity index (χ3n) is 7.53. The van der Waals surface area contributed by atoms with Crippen LogP contribution in [0.3, 0.4) is 0 Å². The lowest BCUT2D eigenvalue weighted by Gasteiger charge is -2.50. The number of aromatic carboxylic acids is 1. The number of carbonyl (C=O) groups is 3. The summed E-state index contributed by atoms with van der Waals surface area (Å²) < 4.78 is 10.8. The second kappa shape index (κ2) is 7.15. The van der Waals surface area contributed by atoms with Crippen molar-refractivity contribution in [1.82, 2.24) is 0 Å². The Bertz CT molecular complexity index is 874. The third kappa shape index (κ3) is 3.32. The molecular weight excluding hydrogens is 372 g/mol. The predicted octanol–water partition coefficient (Wildman–Crippen LogP) is 4.10. The Morgan fingerprint density at radius 2 is 1.83 bits per heavy atom. The quantitative estimate of drug-likeness (QED) is 0.607. The second-order valence-corrected chi connectivity index (χ2v) is 9.08. The Kier molecular flexibility index (Phi) is 4.91. The molecule has 0 aliphatic heterocycles. The Hall–Kier alpha value is -2.37. The van der Waals surface area contributed by atoms with Crippen LogP contribution in [0.1, 0.15) is 80.3 Å².